The Balaban J connectivity index is 1.72. The zero-order valence-corrected chi connectivity index (χ0v) is 13.0. The Labute approximate surface area is 140 Å². The molecule has 1 aliphatic heterocycles. The Kier molecular flexibility index (Phi) is 3.62. The quantitative estimate of drug-likeness (QED) is 0.580. The topological polar surface area (TPSA) is 118 Å². The van der Waals surface area contributed by atoms with Crippen LogP contribution in [0.25, 0.3) is 11.2 Å². The molecule has 3 aromatic heterocycles. The van der Waals surface area contributed by atoms with Crippen molar-refractivity contribution < 1.29 is 14.9 Å². The van der Waals surface area contributed by atoms with Crippen LogP contribution in [0.15, 0.2) is 24.2 Å². The number of aromatic nitrogens is 5. The van der Waals surface area contributed by atoms with Crippen molar-refractivity contribution in [2.75, 3.05) is 5.32 Å². The highest BCUT2D eigenvalue weighted by Gasteiger charge is 2.43. The Morgan fingerprint density at radius 2 is 2.12 bits per heavy atom. The first-order chi connectivity index (χ1) is 11.7. The number of ether oxygens (including phenoxy) is 1. The van der Waals surface area contributed by atoms with Crippen molar-refractivity contribution in [2.45, 2.75) is 24.5 Å². The maximum Gasteiger partial charge on any atom is 0.188 e. The van der Waals surface area contributed by atoms with E-state index in [-0.39, 0.29) is 0 Å². The summed E-state index contributed by atoms with van der Waals surface area (Å²) in [6.07, 6.45) is 5.68. The highest BCUT2D eigenvalue weighted by Crippen LogP contribution is 2.32. The van der Waals surface area contributed by atoms with Crippen LogP contribution in [-0.4, -0.2) is 53.0 Å². The number of anilines is 2. The number of thiazole rings is 1. The Morgan fingerprint density at radius 3 is 2.83 bits per heavy atom. The zero-order chi connectivity index (χ0) is 16.7. The number of nitrogens with zero attached hydrogens (tertiary/aromatic N) is 5. The molecule has 4 heterocycles. The van der Waals surface area contributed by atoms with E-state index in [0.29, 0.717) is 22.1 Å². The van der Waals surface area contributed by atoms with Gasteiger partial charge < -0.3 is 20.3 Å². The van der Waals surface area contributed by atoms with Crippen LogP contribution in [0.3, 0.4) is 0 Å². The molecule has 0 amide bonds. The lowest BCUT2D eigenvalue weighted by atomic mass is 10.1. The first-order valence-corrected chi connectivity index (χ1v) is 7.89. The van der Waals surface area contributed by atoms with Crippen LogP contribution in [-0.2, 0) is 4.74 Å². The molecule has 4 atom stereocenters. The van der Waals surface area contributed by atoms with Crippen LogP contribution >= 0.6 is 11.3 Å². The molecular weight excluding hydrogens is 332 g/mol. The molecule has 0 aromatic carbocycles. The summed E-state index contributed by atoms with van der Waals surface area (Å²) in [6, 6.07) is 0. The van der Waals surface area contributed by atoms with Gasteiger partial charge in [0.1, 0.15) is 24.6 Å². The number of hydrogen-bond acceptors (Lipinski definition) is 9. The first kappa shape index (κ1) is 15.0. The fourth-order valence-electron chi connectivity index (χ4n) is 2.54. The SMILES string of the molecule is C#C[C@H]1O[C@@H](n2cnc3c(Nc4nccs4)ncnc32)[C@H](O)[C@@H]1O. The van der Waals surface area contributed by atoms with Gasteiger partial charge in [-0.1, -0.05) is 5.92 Å². The molecule has 10 heteroatoms. The molecule has 1 fully saturated rings. The van der Waals surface area contributed by atoms with Crippen LogP contribution in [0.2, 0.25) is 0 Å². The van der Waals surface area contributed by atoms with Crippen molar-refractivity contribution in [2.24, 2.45) is 0 Å². The second kappa shape index (κ2) is 5.81. The summed E-state index contributed by atoms with van der Waals surface area (Å²) in [5.41, 5.74) is 0.931. The van der Waals surface area contributed by atoms with Crippen LogP contribution in [0, 0.1) is 12.3 Å². The largest absolute Gasteiger partial charge is 0.386 e. The summed E-state index contributed by atoms with van der Waals surface area (Å²) in [5.74, 6) is 2.79. The van der Waals surface area contributed by atoms with Gasteiger partial charge in [-0.15, -0.1) is 17.8 Å². The van der Waals surface area contributed by atoms with Crippen molar-refractivity contribution in [3.05, 3.63) is 24.2 Å². The second-order valence-corrected chi connectivity index (χ2v) is 6.00. The Hall–Kier alpha value is -2.58. The van der Waals surface area contributed by atoms with Gasteiger partial charge >= 0.3 is 0 Å². The third-order valence-electron chi connectivity index (χ3n) is 3.69. The molecule has 122 valence electrons. The zero-order valence-electron chi connectivity index (χ0n) is 12.1. The maximum atomic E-state index is 10.2. The predicted molar refractivity (Wildman–Crippen MR) is 85.5 cm³/mol. The van der Waals surface area contributed by atoms with Crippen LogP contribution in [0.1, 0.15) is 6.23 Å². The molecule has 0 bridgehead atoms. The predicted octanol–water partition coefficient (Wildman–Crippen LogP) is 0.279. The van der Waals surface area contributed by atoms with Crippen molar-refractivity contribution >= 4 is 33.5 Å². The number of imidazole rings is 1. The van der Waals surface area contributed by atoms with Crippen molar-refractivity contribution in [3.63, 3.8) is 0 Å². The number of fused-ring (bicyclic) bond motifs is 1. The van der Waals surface area contributed by atoms with E-state index in [1.54, 1.807) is 6.20 Å². The molecule has 0 unspecified atom stereocenters. The molecule has 1 saturated heterocycles. The van der Waals surface area contributed by atoms with Crippen LogP contribution in [0.4, 0.5) is 10.9 Å². The fourth-order valence-corrected chi connectivity index (χ4v) is 3.07. The smallest absolute Gasteiger partial charge is 0.188 e. The molecule has 0 aliphatic carbocycles. The van der Waals surface area contributed by atoms with E-state index in [0.717, 1.165) is 0 Å². The van der Waals surface area contributed by atoms with Gasteiger partial charge in [-0.2, -0.15) is 0 Å². The minimum absolute atomic E-state index is 0.443. The average Bonchev–Trinajstić information content (AvgIpc) is 3.30. The summed E-state index contributed by atoms with van der Waals surface area (Å²) in [4.78, 5) is 16.8. The lowest BCUT2D eigenvalue weighted by Crippen LogP contribution is -2.30. The summed E-state index contributed by atoms with van der Waals surface area (Å²) in [6.45, 7) is 0. The number of rotatable bonds is 3. The third kappa shape index (κ3) is 2.31. The van der Waals surface area contributed by atoms with Gasteiger partial charge in [-0.05, 0) is 0 Å². The summed E-state index contributed by atoms with van der Waals surface area (Å²) >= 11 is 1.43. The fraction of sp³-hybridized carbons (Fsp3) is 0.286. The van der Waals surface area contributed by atoms with Crippen molar-refractivity contribution in [1.82, 2.24) is 24.5 Å². The number of terminal acetylenes is 1. The van der Waals surface area contributed by atoms with Crippen molar-refractivity contribution in [3.8, 4) is 12.3 Å². The van der Waals surface area contributed by atoms with Gasteiger partial charge in [-0.3, -0.25) is 4.57 Å². The minimum atomic E-state index is -1.19. The average molecular weight is 344 g/mol. The van der Waals surface area contributed by atoms with Gasteiger partial charge in [0, 0.05) is 11.6 Å². The van der Waals surface area contributed by atoms with E-state index >= 15 is 0 Å². The molecule has 3 N–H and O–H groups in total. The molecular formula is C14H12N6O3S. The first-order valence-electron chi connectivity index (χ1n) is 7.01. The van der Waals surface area contributed by atoms with E-state index in [1.807, 2.05) is 5.38 Å². The lowest BCUT2D eigenvalue weighted by molar-refractivity contribution is -0.0230. The van der Waals surface area contributed by atoms with Crippen LogP contribution < -0.4 is 5.32 Å². The van der Waals surface area contributed by atoms with E-state index in [2.05, 4.69) is 31.2 Å². The summed E-state index contributed by atoms with van der Waals surface area (Å²) < 4.78 is 7.05. The number of nitrogens with one attached hydrogen (secondary N) is 1. The van der Waals surface area contributed by atoms with E-state index in [9.17, 15) is 10.2 Å². The van der Waals surface area contributed by atoms with Gasteiger partial charge in [-0.25, -0.2) is 19.9 Å². The van der Waals surface area contributed by atoms with E-state index in [4.69, 9.17) is 11.2 Å². The third-order valence-corrected chi connectivity index (χ3v) is 4.38. The van der Waals surface area contributed by atoms with Gasteiger partial charge in [0.15, 0.2) is 28.3 Å². The molecule has 24 heavy (non-hydrogen) atoms. The highest BCUT2D eigenvalue weighted by molar-refractivity contribution is 7.13. The Morgan fingerprint density at radius 1 is 1.25 bits per heavy atom. The second-order valence-electron chi connectivity index (χ2n) is 5.10. The number of aliphatic hydroxyl groups excluding tert-OH is 2. The van der Waals surface area contributed by atoms with Crippen molar-refractivity contribution in [1.29, 1.82) is 0 Å². The minimum Gasteiger partial charge on any atom is -0.386 e. The summed E-state index contributed by atoms with van der Waals surface area (Å²) in [7, 11) is 0. The lowest BCUT2D eigenvalue weighted by Gasteiger charge is -2.16. The molecule has 4 rings (SSSR count). The van der Waals surface area contributed by atoms with Gasteiger partial charge in [0.2, 0.25) is 0 Å². The maximum absolute atomic E-state index is 10.2. The normalized spacial score (nSPS) is 26.5. The number of aliphatic hydroxyl groups is 2. The van der Waals surface area contributed by atoms with E-state index in [1.165, 1.54) is 28.6 Å². The molecule has 1 aliphatic rings. The van der Waals surface area contributed by atoms with Gasteiger partial charge in [0.05, 0.1) is 6.33 Å². The highest BCUT2D eigenvalue weighted by atomic mass is 32.1. The standard InChI is InChI=1S/C14H12N6O3S/c1-2-7-9(21)10(22)13(23-7)20-6-18-8-11(16-5-17-12(8)20)19-14-15-3-4-24-14/h1,3-7,9-10,13,21-22H,(H,15,16,17,19)/t7-,9-,10-,13-/m1/s1. The number of hydrogen-bond donors (Lipinski definition) is 3. The van der Waals surface area contributed by atoms with Gasteiger partial charge in [0.25, 0.3) is 0 Å². The molecule has 9 nitrogen and oxygen atoms in total. The van der Waals surface area contributed by atoms with Crippen LogP contribution in [0.5, 0.6) is 0 Å². The monoisotopic (exact) mass is 344 g/mol. The molecule has 3 aromatic rings. The molecule has 0 radical (unpaired) electrons. The Bertz CT molecular complexity index is 905. The molecule has 0 saturated carbocycles. The molecule has 0 spiro atoms. The van der Waals surface area contributed by atoms with E-state index < -0.39 is 24.5 Å². The summed E-state index contributed by atoms with van der Waals surface area (Å²) in [5, 5.41) is 25.7.